The maximum atomic E-state index is 11.3. The lowest BCUT2D eigenvalue weighted by molar-refractivity contribution is -0.385. The number of nitrogens with zero attached hydrogens (tertiary/aromatic N) is 1. The second kappa shape index (κ2) is 4.74. The van der Waals surface area contributed by atoms with Gasteiger partial charge in [0.1, 0.15) is 5.75 Å². The summed E-state index contributed by atoms with van der Waals surface area (Å²) in [5.74, 6) is 0.172. The van der Waals surface area contributed by atoms with E-state index >= 15 is 0 Å². The molecule has 0 N–H and O–H groups in total. The van der Waals surface area contributed by atoms with Crippen molar-refractivity contribution in [1.29, 1.82) is 0 Å². The van der Waals surface area contributed by atoms with Gasteiger partial charge in [-0.15, -0.1) is 0 Å². The molecule has 0 heterocycles. The molecule has 0 aromatic heterocycles. The molecule has 5 heteroatoms. The van der Waals surface area contributed by atoms with E-state index in [1.807, 2.05) is 6.92 Å². The first kappa shape index (κ1) is 12.2. The third-order valence-electron chi connectivity index (χ3n) is 2.36. The second-order valence-corrected chi connectivity index (χ2v) is 3.35. The highest BCUT2D eigenvalue weighted by Gasteiger charge is 2.20. The van der Waals surface area contributed by atoms with Crippen molar-refractivity contribution in [2.45, 2.75) is 20.3 Å². The van der Waals surface area contributed by atoms with E-state index in [-0.39, 0.29) is 17.0 Å². The number of nitro benzene ring substituents is 1. The predicted octanol–water partition coefficient (Wildman–Crippen LogP) is 2.37. The summed E-state index contributed by atoms with van der Waals surface area (Å²) in [5, 5.41) is 10.8. The van der Waals surface area contributed by atoms with Crippen LogP contribution in [0.25, 0.3) is 0 Å². The molecule has 0 amide bonds. The van der Waals surface area contributed by atoms with E-state index in [4.69, 9.17) is 4.74 Å². The van der Waals surface area contributed by atoms with Gasteiger partial charge in [0.05, 0.1) is 17.6 Å². The van der Waals surface area contributed by atoms with E-state index in [1.54, 1.807) is 0 Å². The van der Waals surface area contributed by atoms with Crippen molar-refractivity contribution in [3.05, 3.63) is 33.4 Å². The Morgan fingerprint density at radius 2 is 2.12 bits per heavy atom. The number of methoxy groups -OCH3 is 1. The average Bonchev–Trinajstić information content (AvgIpc) is 2.26. The Morgan fingerprint density at radius 3 is 2.50 bits per heavy atom. The molecule has 0 aliphatic carbocycles. The molecule has 1 aromatic carbocycles. The SMILES string of the molecule is CCc1cc([N+](=O)[O-])c(C(C)=O)cc1OC. The van der Waals surface area contributed by atoms with Crippen LogP contribution in [-0.2, 0) is 6.42 Å². The normalized spacial score (nSPS) is 9.94. The highest BCUT2D eigenvalue weighted by atomic mass is 16.6. The molecular weight excluding hydrogens is 210 g/mol. The van der Waals surface area contributed by atoms with Gasteiger partial charge in [0.25, 0.3) is 5.69 Å². The van der Waals surface area contributed by atoms with E-state index in [0.29, 0.717) is 12.2 Å². The second-order valence-electron chi connectivity index (χ2n) is 3.35. The molecule has 1 aromatic rings. The van der Waals surface area contributed by atoms with Crippen molar-refractivity contribution < 1.29 is 14.5 Å². The monoisotopic (exact) mass is 223 g/mol. The first-order valence-electron chi connectivity index (χ1n) is 4.87. The number of ketones is 1. The number of ether oxygens (including phenoxy) is 1. The number of hydrogen-bond donors (Lipinski definition) is 0. The first-order chi connectivity index (χ1) is 7.51. The summed E-state index contributed by atoms with van der Waals surface area (Å²) in [6.45, 7) is 3.17. The van der Waals surface area contributed by atoms with Gasteiger partial charge in [0.2, 0.25) is 0 Å². The van der Waals surface area contributed by atoms with Crippen molar-refractivity contribution >= 4 is 11.5 Å². The lowest BCUT2D eigenvalue weighted by Crippen LogP contribution is -2.03. The topological polar surface area (TPSA) is 69.4 Å². The Morgan fingerprint density at radius 1 is 1.50 bits per heavy atom. The third kappa shape index (κ3) is 2.18. The number of carbonyl (C=O) groups is 1. The van der Waals surface area contributed by atoms with E-state index < -0.39 is 4.92 Å². The fraction of sp³-hybridized carbons (Fsp3) is 0.364. The van der Waals surface area contributed by atoms with Gasteiger partial charge in [-0.1, -0.05) is 6.92 Å². The highest BCUT2D eigenvalue weighted by molar-refractivity contribution is 5.98. The molecule has 0 bridgehead atoms. The number of nitro groups is 1. The molecule has 1 rings (SSSR count). The average molecular weight is 223 g/mol. The van der Waals surface area contributed by atoms with Crippen molar-refractivity contribution in [3.8, 4) is 5.75 Å². The molecule has 0 saturated carbocycles. The summed E-state index contributed by atoms with van der Waals surface area (Å²) in [7, 11) is 1.48. The Hall–Kier alpha value is -1.91. The molecule has 0 unspecified atom stereocenters. The van der Waals surface area contributed by atoms with Gasteiger partial charge in [-0.25, -0.2) is 0 Å². The fourth-order valence-corrected chi connectivity index (χ4v) is 1.51. The van der Waals surface area contributed by atoms with Crippen molar-refractivity contribution in [2.24, 2.45) is 0 Å². The maximum Gasteiger partial charge on any atom is 0.280 e. The molecule has 0 aliphatic heterocycles. The number of carbonyl (C=O) groups excluding carboxylic acids is 1. The Balaban J connectivity index is 3.47. The predicted molar refractivity (Wildman–Crippen MR) is 59.0 cm³/mol. The molecule has 0 atom stereocenters. The Labute approximate surface area is 93.2 Å². The van der Waals surface area contributed by atoms with Gasteiger partial charge in [0, 0.05) is 11.6 Å². The molecule has 86 valence electrons. The van der Waals surface area contributed by atoms with Crippen LogP contribution in [0, 0.1) is 10.1 Å². The summed E-state index contributed by atoms with van der Waals surface area (Å²) in [4.78, 5) is 21.5. The van der Waals surface area contributed by atoms with E-state index in [9.17, 15) is 14.9 Å². The van der Waals surface area contributed by atoms with Crippen molar-refractivity contribution in [1.82, 2.24) is 0 Å². The third-order valence-corrected chi connectivity index (χ3v) is 2.36. The zero-order chi connectivity index (χ0) is 12.3. The molecular formula is C11H13NO4. The van der Waals surface area contributed by atoms with E-state index in [1.165, 1.54) is 26.2 Å². The fourth-order valence-electron chi connectivity index (χ4n) is 1.51. The molecule has 0 saturated heterocycles. The summed E-state index contributed by atoms with van der Waals surface area (Å²) >= 11 is 0. The molecule has 0 spiro atoms. The largest absolute Gasteiger partial charge is 0.496 e. The Kier molecular flexibility index (Phi) is 3.60. The van der Waals surface area contributed by atoms with Crippen LogP contribution >= 0.6 is 0 Å². The van der Waals surface area contributed by atoms with E-state index in [2.05, 4.69) is 0 Å². The van der Waals surface area contributed by atoms with E-state index in [0.717, 1.165) is 5.56 Å². The van der Waals surface area contributed by atoms with Gasteiger partial charge in [0.15, 0.2) is 5.78 Å². The maximum absolute atomic E-state index is 11.3. The lowest BCUT2D eigenvalue weighted by Gasteiger charge is -2.08. The van der Waals surface area contributed by atoms with Crippen LogP contribution in [0.3, 0.4) is 0 Å². The summed E-state index contributed by atoms with van der Waals surface area (Å²) in [6.07, 6.45) is 0.613. The molecule has 16 heavy (non-hydrogen) atoms. The number of Topliss-reactive ketones (excluding diaryl/α,β-unsaturated/α-hetero) is 1. The summed E-state index contributed by atoms with van der Waals surface area (Å²) in [5.41, 5.74) is 0.642. The van der Waals surface area contributed by atoms with Crippen molar-refractivity contribution in [2.75, 3.05) is 7.11 Å². The molecule has 5 nitrogen and oxygen atoms in total. The van der Waals surface area contributed by atoms with Crippen LogP contribution in [-0.4, -0.2) is 17.8 Å². The minimum Gasteiger partial charge on any atom is -0.496 e. The van der Waals surface area contributed by atoms with Crippen LogP contribution in [0.5, 0.6) is 5.75 Å². The zero-order valence-electron chi connectivity index (χ0n) is 9.44. The van der Waals surface area contributed by atoms with Crippen molar-refractivity contribution in [3.63, 3.8) is 0 Å². The Bertz CT molecular complexity index is 399. The van der Waals surface area contributed by atoms with Crippen LogP contribution in [0.2, 0.25) is 0 Å². The highest BCUT2D eigenvalue weighted by Crippen LogP contribution is 2.29. The minimum absolute atomic E-state index is 0.0825. The first-order valence-corrected chi connectivity index (χ1v) is 4.87. The minimum atomic E-state index is -0.546. The van der Waals surface area contributed by atoms with Crippen LogP contribution < -0.4 is 4.74 Å². The smallest absolute Gasteiger partial charge is 0.280 e. The van der Waals surface area contributed by atoms with Gasteiger partial charge in [-0.3, -0.25) is 14.9 Å². The number of hydrogen-bond acceptors (Lipinski definition) is 4. The van der Waals surface area contributed by atoms with Gasteiger partial charge in [-0.2, -0.15) is 0 Å². The quantitative estimate of drug-likeness (QED) is 0.446. The van der Waals surface area contributed by atoms with Gasteiger partial charge < -0.3 is 4.74 Å². The molecule has 0 fully saturated rings. The lowest BCUT2D eigenvalue weighted by atomic mass is 10.0. The number of aryl methyl sites for hydroxylation is 1. The van der Waals surface area contributed by atoms with Crippen LogP contribution in [0.1, 0.15) is 29.8 Å². The van der Waals surface area contributed by atoms with Gasteiger partial charge >= 0.3 is 0 Å². The zero-order valence-corrected chi connectivity index (χ0v) is 9.44. The summed E-state index contributed by atoms with van der Waals surface area (Å²) in [6, 6.07) is 2.83. The van der Waals surface area contributed by atoms with Crippen LogP contribution in [0.15, 0.2) is 12.1 Å². The number of benzene rings is 1. The standard InChI is InChI=1S/C11H13NO4/c1-4-8-5-10(12(14)15)9(7(2)13)6-11(8)16-3/h5-6H,4H2,1-3H3. The van der Waals surface area contributed by atoms with Gasteiger partial charge in [-0.05, 0) is 19.4 Å². The molecule has 0 radical (unpaired) electrons. The van der Waals surface area contributed by atoms with Crippen LogP contribution in [0.4, 0.5) is 5.69 Å². The summed E-state index contributed by atoms with van der Waals surface area (Å²) < 4.78 is 5.09. The number of rotatable bonds is 4. The molecule has 0 aliphatic rings.